The first-order chi connectivity index (χ1) is 7.63. The van der Waals surface area contributed by atoms with Crippen molar-refractivity contribution in [3.8, 4) is 0 Å². The Morgan fingerprint density at radius 1 is 1.38 bits per heavy atom. The molecule has 4 nitrogen and oxygen atoms in total. The number of alkyl carbamates (subject to hydrolysis) is 1. The smallest absolute Gasteiger partial charge is 0.368 e. The lowest BCUT2D eigenvalue weighted by Crippen LogP contribution is -2.29. The van der Waals surface area contributed by atoms with Crippen LogP contribution in [0.5, 0.6) is 0 Å². The number of nitrogens with one attached hydrogen (secondary N) is 1. The molecule has 0 saturated carbocycles. The number of amides is 1. The van der Waals surface area contributed by atoms with E-state index < -0.39 is 10.1 Å². The predicted octanol–water partition coefficient (Wildman–Crippen LogP) is 3.42. The molecular formula is C11H12INO3. The van der Waals surface area contributed by atoms with Crippen LogP contribution in [0.15, 0.2) is 30.3 Å². The monoisotopic (exact) mass is 333 g/mol. The van der Waals surface area contributed by atoms with Gasteiger partial charge in [0.05, 0.1) is 28.6 Å². The lowest BCUT2D eigenvalue weighted by atomic mass is 10.1. The lowest BCUT2D eigenvalue weighted by molar-refractivity contribution is 0.165. The molecule has 1 N–H and O–H groups in total. The summed E-state index contributed by atoms with van der Waals surface area (Å²) in [5.41, 5.74) is 0.989. The van der Waals surface area contributed by atoms with Crippen molar-refractivity contribution in [3.05, 3.63) is 35.9 Å². The van der Waals surface area contributed by atoms with Crippen LogP contribution in [0.1, 0.15) is 24.9 Å². The van der Waals surface area contributed by atoms with E-state index in [1.54, 1.807) is 0 Å². The number of rotatable bonds is 3. The average molecular weight is 333 g/mol. The fraction of sp³-hybridized carbons (Fsp3) is 0.273. The number of benzene rings is 1. The zero-order valence-electron chi connectivity index (χ0n) is 8.77. The highest BCUT2D eigenvalue weighted by atomic mass is 127. The molecule has 0 aliphatic carbocycles. The van der Waals surface area contributed by atoms with Crippen LogP contribution in [-0.4, -0.2) is 10.1 Å². The van der Waals surface area contributed by atoms with Crippen molar-refractivity contribution in [2.75, 3.05) is 0 Å². The molecule has 0 fully saturated rings. The summed E-state index contributed by atoms with van der Waals surface area (Å²) in [4.78, 5) is 21.8. The van der Waals surface area contributed by atoms with Crippen molar-refractivity contribution in [1.82, 2.24) is 5.32 Å². The van der Waals surface area contributed by atoms with Crippen LogP contribution in [0.2, 0.25) is 0 Å². The topological polar surface area (TPSA) is 55.4 Å². The summed E-state index contributed by atoms with van der Waals surface area (Å²) in [5.74, 6) is 0. The predicted molar refractivity (Wildman–Crippen MR) is 68.5 cm³/mol. The Kier molecular flexibility index (Phi) is 5.24. The van der Waals surface area contributed by atoms with Gasteiger partial charge in [-0.15, -0.1) is 0 Å². The quantitative estimate of drug-likeness (QED) is 0.524. The Balaban J connectivity index is 2.63. The maximum absolute atomic E-state index is 11.2. The number of hydrogen-bond acceptors (Lipinski definition) is 3. The summed E-state index contributed by atoms with van der Waals surface area (Å²) in [5, 5.41) is 2.63. The van der Waals surface area contributed by atoms with Crippen LogP contribution < -0.4 is 5.32 Å². The minimum atomic E-state index is -0.713. The summed E-state index contributed by atoms with van der Waals surface area (Å²) in [6, 6.07) is 9.40. The van der Waals surface area contributed by atoms with Crippen molar-refractivity contribution in [1.29, 1.82) is 0 Å². The fourth-order valence-electron chi connectivity index (χ4n) is 1.35. The van der Waals surface area contributed by atoms with Gasteiger partial charge in [-0.05, 0) is 12.0 Å². The standard InChI is InChI=1S/C11H12INO3/c1-2-9(8-6-4-3-5-7-8)13-11(15)16-10(12)14/h3-7,9H,2H2,1H3,(H,13,15). The highest BCUT2D eigenvalue weighted by Crippen LogP contribution is 2.15. The van der Waals surface area contributed by atoms with E-state index in [-0.39, 0.29) is 6.04 Å². The molecule has 1 amide bonds. The van der Waals surface area contributed by atoms with Gasteiger partial charge in [0, 0.05) is 0 Å². The molecule has 1 unspecified atom stereocenters. The third-order valence-corrected chi connectivity index (χ3v) is 2.30. The number of carbonyl (C=O) groups is 2. The molecule has 5 heteroatoms. The SMILES string of the molecule is CCC(NC(=O)OC(=O)I)c1ccccc1. The molecule has 1 aromatic carbocycles. The van der Waals surface area contributed by atoms with E-state index in [4.69, 9.17) is 0 Å². The molecule has 0 saturated heterocycles. The number of halogens is 1. The summed E-state index contributed by atoms with van der Waals surface area (Å²) in [6.45, 7) is 1.95. The second-order valence-electron chi connectivity index (χ2n) is 3.14. The second-order valence-corrected chi connectivity index (χ2v) is 4.02. The third kappa shape index (κ3) is 4.18. The van der Waals surface area contributed by atoms with Gasteiger partial charge in [0.15, 0.2) is 0 Å². The van der Waals surface area contributed by atoms with Gasteiger partial charge in [-0.1, -0.05) is 37.3 Å². The van der Waals surface area contributed by atoms with Crippen molar-refractivity contribution < 1.29 is 14.3 Å². The van der Waals surface area contributed by atoms with E-state index in [1.807, 2.05) is 37.3 Å². The molecular weight excluding hydrogens is 321 g/mol. The first-order valence-electron chi connectivity index (χ1n) is 4.86. The van der Waals surface area contributed by atoms with E-state index >= 15 is 0 Å². The van der Waals surface area contributed by atoms with E-state index in [0.29, 0.717) is 0 Å². The highest BCUT2D eigenvalue weighted by Gasteiger charge is 2.14. The molecule has 0 heterocycles. The highest BCUT2D eigenvalue weighted by molar-refractivity contribution is 14.1. The molecule has 0 aliphatic heterocycles. The zero-order valence-corrected chi connectivity index (χ0v) is 10.9. The van der Waals surface area contributed by atoms with E-state index in [1.165, 1.54) is 22.6 Å². The van der Waals surface area contributed by atoms with Crippen LogP contribution >= 0.6 is 22.6 Å². The Labute approximate surface area is 108 Å². The Hall–Kier alpha value is -1.11. The van der Waals surface area contributed by atoms with Crippen LogP contribution in [0, 0.1) is 0 Å². The Morgan fingerprint density at radius 3 is 2.50 bits per heavy atom. The van der Waals surface area contributed by atoms with Crippen LogP contribution in [0.3, 0.4) is 0 Å². The van der Waals surface area contributed by atoms with Gasteiger partial charge in [0.1, 0.15) is 0 Å². The molecule has 86 valence electrons. The van der Waals surface area contributed by atoms with Crippen LogP contribution in [-0.2, 0) is 4.74 Å². The van der Waals surface area contributed by atoms with Crippen molar-refractivity contribution in [2.24, 2.45) is 0 Å². The van der Waals surface area contributed by atoms with Gasteiger partial charge in [0.2, 0.25) is 0 Å². The van der Waals surface area contributed by atoms with Crippen LogP contribution in [0.25, 0.3) is 0 Å². The summed E-state index contributed by atoms with van der Waals surface area (Å²) >= 11 is 1.41. The minimum Gasteiger partial charge on any atom is -0.368 e. The van der Waals surface area contributed by atoms with Crippen molar-refractivity contribution >= 4 is 32.7 Å². The van der Waals surface area contributed by atoms with E-state index in [2.05, 4.69) is 10.1 Å². The molecule has 1 atom stereocenters. The second kappa shape index (κ2) is 6.47. The first-order valence-corrected chi connectivity index (χ1v) is 5.94. The molecule has 1 aromatic rings. The molecule has 16 heavy (non-hydrogen) atoms. The largest absolute Gasteiger partial charge is 0.415 e. The summed E-state index contributed by atoms with van der Waals surface area (Å²) in [6.07, 6.45) is 0.0178. The van der Waals surface area contributed by atoms with Gasteiger partial charge in [-0.3, -0.25) is 0 Å². The summed E-state index contributed by atoms with van der Waals surface area (Å²) < 4.78 is 3.76. The van der Waals surface area contributed by atoms with Gasteiger partial charge >= 0.3 is 10.1 Å². The molecule has 0 bridgehead atoms. The van der Waals surface area contributed by atoms with Gasteiger partial charge in [-0.25, -0.2) is 9.59 Å². The molecule has 0 radical (unpaired) electrons. The van der Waals surface area contributed by atoms with Crippen LogP contribution in [0.4, 0.5) is 9.59 Å². The van der Waals surface area contributed by atoms with Gasteiger partial charge in [0.25, 0.3) is 0 Å². The number of hydrogen-bond donors (Lipinski definition) is 1. The lowest BCUT2D eigenvalue weighted by Gasteiger charge is -2.16. The van der Waals surface area contributed by atoms with Gasteiger partial charge < -0.3 is 10.1 Å². The maximum Gasteiger partial charge on any atom is 0.415 e. The Bertz CT molecular complexity index is 367. The minimum absolute atomic E-state index is 0.135. The van der Waals surface area contributed by atoms with E-state index in [0.717, 1.165) is 12.0 Å². The number of carbonyl (C=O) groups excluding carboxylic acids is 2. The molecule has 1 rings (SSSR count). The normalized spacial score (nSPS) is 11.6. The Morgan fingerprint density at radius 2 is 2.00 bits per heavy atom. The zero-order chi connectivity index (χ0) is 12.0. The van der Waals surface area contributed by atoms with Gasteiger partial charge in [-0.2, -0.15) is 0 Å². The van der Waals surface area contributed by atoms with Crippen molar-refractivity contribution in [3.63, 3.8) is 0 Å². The molecule has 0 spiro atoms. The summed E-state index contributed by atoms with van der Waals surface area (Å²) in [7, 11) is 0. The third-order valence-electron chi connectivity index (χ3n) is 2.08. The van der Waals surface area contributed by atoms with E-state index in [9.17, 15) is 9.59 Å². The first kappa shape index (κ1) is 13.0. The molecule has 0 aromatic heterocycles. The molecule has 0 aliphatic rings. The fourth-order valence-corrected chi connectivity index (χ4v) is 1.55. The number of ether oxygens (including phenoxy) is 1. The average Bonchev–Trinajstić information content (AvgIpc) is 2.26. The maximum atomic E-state index is 11.2. The van der Waals surface area contributed by atoms with Crippen molar-refractivity contribution in [2.45, 2.75) is 19.4 Å².